The molecule has 28 heavy (non-hydrogen) atoms. The Morgan fingerprint density at radius 3 is 2.54 bits per heavy atom. The number of rotatable bonds is 7. The van der Waals surface area contributed by atoms with Crippen LogP contribution in [0.25, 0.3) is 11.2 Å². The van der Waals surface area contributed by atoms with Crippen LogP contribution < -0.4 is 11.2 Å². The fourth-order valence-corrected chi connectivity index (χ4v) is 3.82. The van der Waals surface area contributed by atoms with Gasteiger partial charge < -0.3 is 9.30 Å². The first-order valence-electron chi connectivity index (χ1n) is 8.92. The van der Waals surface area contributed by atoms with Gasteiger partial charge in [0.2, 0.25) is 0 Å². The zero-order valence-electron chi connectivity index (χ0n) is 16.0. The Labute approximate surface area is 165 Å². The lowest BCUT2D eigenvalue weighted by molar-refractivity contribution is -0.142. The minimum atomic E-state index is -0.426. The van der Waals surface area contributed by atoms with Crippen molar-refractivity contribution in [2.75, 3.05) is 12.4 Å². The van der Waals surface area contributed by atoms with Gasteiger partial charge in [-0.1, -0.05) is 42.1 Å². The Kier molecular flexibility index (Phi) is 6.03. The SMILES string of the molecule is CCOC(=O)CCSc1nc2c(c(=O)n(C)c(=O)n2C)n1Cc1ccccc1. The summed E-state index contributed by atoms with van der Waals surface area (Å²) in [5, 5.41) is 0.585. The van der Waals surface area contributed by atoms with Crippen LogP contribution >= 0.6 is 11.8 Å². The molecule has 0 saturated heterocycles. The maximum atomic E-state index is 12.8. The fourth-order valence-electron chi connectivity index (χ4n) is 2.91. The van der Waals surface area contributed by atoms with Gasteiger partial charge in [-0.2, -0.15) is 0 Å². The van der Waals surface area contributed by atoms with Gasteiger partial charge in [0, 0.05) is 19.8 Å². The van der Waals surface area contributed by atoms with Crippen molar-refractivity contribution >= 4 is 28.9 Å². The number of imidazole rings is 1. The monoisotopic (exact) mass is 402 g/mol. The third-order valence-corrected chi connectivity index (χ3v) is 5.32. The van der Waals surface area contributed by atoms with Crippen molar-refractivity contribution in [3.63, 3.8) is 0 Å². The van der Waals surface area contributed by atoms with E-state index in [1.807, 2.05) is 34.9 Å². The van der Waals surface area contributed by atoms with E-state index in [9.17, 15) is 14.4 Å². The van der Waals surface area contributed by atoms with Gasteiger partial charge in [-0.05, 0) is 12.5 Å². The Balaban J connectivity index is 2.06. The number of esters is 1. The highest BCUT2D eigenvalue weighted by molar-refractivity contribution is 7.99. The highest BCUT2D eigenvalue weighted by atomic mass is 32.2. The zero-order valence-corrected chi connectivity index (χ0v) is 16.9. The predicted molar refractivity (Wildman–Crippen MR) is 108 cm³/mol. The predicted octanol–water partition coefficient (Wildman–Crippen LogP) is 1.53. The molecule has 0 amide bonds. The van der Waals surface area contributed by atoms with E-state index in [2.05, 4.69) is 4.98 Å². The second kappa shape index (κ2) is 8.47. The topological polar surface area (TPSA) is 88.1 Å². The molecular weight excluding hydrogens is 380 g/mol. The van der Waals surface area contributed by atoms with Crippen LogP contribution in [0.15, 0.2) is 45.1 Å². The summed E-state index contributed by atoms with van der Waals surface area (Å²) in [5.41, 5.74) is 0.892. The molecule has 0 radical (unpaired) electrons. The Bertz CT molecular complexity index is 1110. The van der Waals surface area contributed by atoms with Crippen molar-refractivity contribution in [1.29, 1.82) is 0 Å². The maximum Gasteiger partial charge on any atom is 0.332 e. The summed E-state index contributed by atoms with van der Waals surface area (Å²) < 4.78 is 9.21. The molecule has 2 heterocycles. The van der Waals surface area contributed by atoms with Gasteiger partial charge in [0.15, 0.2) is 16.3 Å². The molecule has 0 saturated carbocycles. The van der Waals surface area contributed by atoms with Gasteiger partial charge in [0.25, 0.3) is 5.56 Å². The van der Waals surface area contributed by atoms with Crippen LogP contribution in [0.1, 0.15) is 18.9 Å². The Morgan fingerprint density at radius 1 is 1.14 bits per heavy atom. The number of benzene rings is 1. The Hall–Kier alpha value is -2.81. The molecule has 9 heteroatoms. The lowest BCUT2D eigenvalue weighted by atomic mass is 10.2. The second-order valence-corrected chi connectivity index (χ2v) is 7.31. The molecule has 0 spiro atoms. The summed E-state index contributed by atoms with van der Waals surface area (Å²) in [4.78, 5) is 41.2. The van der Waals surface area contributed by atoms with Gasteiger partial charge in [-0.3, -0.25) is 18.7 Å². The lowest BCUT2D eigenvalue weighted by Crippen LogP contribution is -2.37. The summed E-state index contributed by atoms with van der Waals surface area (Å²) >= 11 is 1.36. The average Bonchev–Trinajstić information content (AvgIpc) is 3.04. The van der Waals surface area contributed by atoms with Crippen LogP contribution in [-0.2, 0) is 30.2 Å². The summed E-state index contributed by atoms with van der Waals surface area (Å²) in [5.74, 6) is 0.189. The van der Waals surface area contributed by atoms with Crippen molar-refractivity contribution in [1.82, 2.24) is 18.7 Å². The molecule has 0 unspecified atom stereocenters. The highest BCUT2D eigenvalue weighted by Crippen LogP contribution is 2.23. The number of nitrogens with zero attached hydrogens (tertiary/aromatic N) is 4. The molecule has 2 aromatic heterocycles. The van der Waals surface area contributed by atoms with E-state index in [-0.39, 0.29) is 12.4 Å². The number of hydrogen-bond donors (Lipinski definition) is 0. The minimum Gasteiger partial charge on any atom is -0.466 e. The third kappa shape index (κ3) is 3.89. The van der Waals surface area contributed by atoms with Gasteiger partial charge >= 0.3 is 11.7 Å². The van der Waals surface area contributed by atoms with Gasteiger partial charge in [-0.25, -0.2) is 9.78 Å². The number of aryl methyl sites for hydroxylation is 1. The van der Waals surface area contributed by atoms with E-state index < -0.39 is 11.2 Å². The molecule has 0 fully saturated rings. The number of ether oxygens (including phenoxy) is 1. The van der Waals surface area contributed by atoms with Crippen LogP contribution in [0.5, 0.6) is 0 Å². The van der Waals surface area contributed by atoms with Crippen LogP contribution in [0, 0.1) is 0 Å². The molecule has 0 atom stereocenters. The largest absolute Gasteiger partial charge is 0.466 e. The van der Waals surface area contributed by atoms with Gasteiger partial charge in [-0.15, -0.1) is 0 Å². The molecule has 3 aromatic rings. The van der Waals surface area contributed by atoms with E-state index in [1.165, 1.54) is 23.4 Å². The second-order valence-electron chi connectivity index (χ2n) is 6.25. The number of carbonyl (C=O) groups is 1. The van der Waals surface area contributed by atoms with E-state index in [0.29, 0.717) is 35.2 Å². The number of carbonyl (C=O) groups excluding carboxylic acids is 1. The summed E-state index contributed by atoms with van der Waals surface area (Å²) in [6.45, 7) is 2.54. The summed E-state index contributed by atoms with van der Waals surface area (Å²) in [7, 11) is 3.05. The van der Waals surface area contributed by atoms with Crippen LogP contribution in [0.3, 0.4) is 0 Å². The number of fused-ring (bicyclic) bond motifs is 1. The fraction of sp³-hybridized carbons (Fsp3) is 0.368. The third-order valence-electron chi connectivity index (χ3n) is 4.34. The summed E-state index contributed by atoms with van der Waals surface area (Å²) in [6.07, 6.45) is 0.240. The van der Waals surface area contributed by atoms with E-state index in [4.69, 9.17) is 4.74 Å². The lowest BCUT2D eigenvalue weighted by Gasteiger charge is -2.09. The molecule has 8 nitrogen and oxygen atoms in total. The molecule has 0 aliphatic carbocycles. The zero-order chi connectivity index (χ0) is 20.3. The van der Waals surface area contributed by atoms with Gasteiger partial charge in [0.05, 0.1) is 19.6 Å². The molecule has 0 aliphatic rings. The quantitative estimate of drug-likeness (QED) is 0.440. The smallest absolute Gasteiger partial charge is 0.332 e. The molecule has 1 aromatic carbocycles. The van der Waals surface area contributed by atoms with Crippen molar-refractivity contribution in [3.05, 3.63) is 56.7 Å². The van der Waals surface area contributed by atoms with Crippen molar-refractivity contribution in [2.45, 2.75) is 25.0 Å². The maximum absolute atomic E-state index is 12.8. The number of aromatic nitrogens is 4. The van der Waals surface area contributed by atoms with Crippen LogP contribution in [0.4, 0.5) is 0 Å². The van der Waals surface area contributed by atoms with E-state index in [1.54, 1.807) is 14.0 Å². The Morgan fingerprint density at radius 2 is 1.86 bits per heavy atom. The van der Waals surface area contributed by atoms with Crippen molar-refractivity contribution in [3.8, 4) is 0 Å². The first-order chi connectivity index (χ1) is 13.4. The van der Waals surface area contributed by atoms with E-state index >= 15 is 0 Å². The molecule has 148 valence electrons. The average molecular weight is 402 g/mol. The molecule has 0 N–H and O–H groups in total. The van der Waals surface area contributed by atoms with Crippen molar-refractivity contribution in [2.24, 2.45) is 14.1 Å². The standard InChI is InChI=1S/C19H22N4O4S/c1-4-27-14(24)10-11-28-18-20-16-15(17(25)22(3)19(26)21(16)2)23(18)12-13-8-6-5-7-9-13/h5-9H,4,10-12H2,1-3H3. The van der Waals surface area contributed by atoms with Crippen molar-refractivity contribution < 1.29 is 9.53 Å². The molecule has 0 aliphatic heterocycles. The van der Waals surface area contributed by atoms with Crippen LogP contribution in [-0.4, -0.2) is 37.0 Å². The minimum absolute atomic E-state index is 0.240. The first-order valence-corrected chi connectivity index (χ1v) is 9.91. The first kappa shape index (κ1) is 19.9. The number of thioether (sulfide) groups is 1. The molecule has 0 bridgehead atoms. The molecule has 3 rings (SSSR count). The van der Waals surface area contributed by atoms with E-state index in [0.717, 1.165) is 10.1 Å². The molecular formula is C19H22N4O4S. The van der Waals surface area contributed by atoms with Crippen LogP contribution in [0.2, 0.25) is 0 Å². The number of hydrogen-bond acceptors (Lipinski definition) is 6. The van der Waals surface area contributed by atoms with Gasteiger partial charge in [0.1, 0.15) is 0 Å². The normalized spacial score (nSPS) is 11.1. The summed E-state index contributed by atoms with van der Waals surface area (Å²) in [6, 6.07) is 9.70. The highest BCUT2D eigenvalue weighted by Gasteiger charge is 2.20.